The molecular weight excluding hydrogens is 253 g/mol. The summed E-state index contributed by atoms with van der Waals surface area (Å²) < 4.78 is 17.7. The van der Waals surface area contributed by atoms with Crippen molar-refractivity contribution in [2.75, 3.05) is 0 Å². The molecule has 0 spiro atoms. The minimum atomic E-state index is -2.91. The van der Waals surface area contributed by atoms with E-state index >= 15 is 0 Å². The summed E-state index contributed by atoms with van der Waals surface area (Å²) in [7, 11) is -2.91. The minimum absolute atomic E-state index is 0.278. The maximum Gasteiger partial charge on any atom is 0.247 e. The Hall–Kier alpha value is -1.66. The fraction of sp³-hybridized carbons (Fsp3) is 0.188. The first-order valence-corrected chi connectivity index (χ1v) is 8.06. The molecular formula is C16H18NOP. The fourth-order valence-electron chi connectivity index (χ4n) is 1.77. The first-order valence-electron chi connectivity index (χ1n) is 6.40. The Morgan fingerprint density at radius 2 is 1.32 bits per heavy atom. The van der Waals surface area contributed by atoms with E-state index in [-0.39, 0.29) is 5.92 Å². The Morgan fingerprint density at radius 3 is 1.68 bits per heavy atom. The molecule has 0 atom stereocenters. The van der Waals surface area contributed by atoms with Crippen LogP contribution in [0.5, 0.6) is 0 Å². The second-order valence-electron chi connectivity index (χ2n) is 4.76. The molecule has 0 aliphatic carbocycles. The molecule has 0 aliphatic heterocycles. The van der Waals surface area contributed by atoms with Gasteiger partial charge in [0.05, 0.1) is 0 Å². The average molecular weight is 271 g/mol. The molecule has 19 heavy (non-hydrogen) atoms. The molecule has 0 aliphatic rings. The Balaban J connectivity index is 2.55. The van der Waals surface area contributed by atoms with E-state index in [1.165, 1.54) is 0 Å². The molecule has 0 aromatic heterocycles. The van der Waals surface area contributed by atoms with E-state index in [1.807, 2.05) is 74.5 Å². The summed E-state index contributed by atoms with van der Waals surface area (Å²) in [5.41, 5.74) is 0. The minimum Gasteiger partial charge on any atom is -0.288 e. The molecule has 2 aromatic rings. The van der Waals surface area contributed by atoms with Gasteiger partial charge in [-0.2, -0.15) is 0 Å². The maximum atomic E-state index is 13.3. The lowest BCUT2D eigenvalue weighted by molar-refractivity contribution is 0.588. The number of benzene rings is 2. The first kappa shape index (κ1) is 13.8. The second-order valence-corrected chi connectivity index (χ2v) is 7.17. The van der Waals surface area contributed by atoms with Gasteiger partial charge in [-0.3, -0.25) is 4.57 Å². The van der Waals surface area contributed by atoms with Gasteiger partial charge in [-0.05, 0) is 30.2 Å². The van der Waals surface area contributed by atoms with Crippen LogP contribution in [-0.4, -0.2) is 6.21 Å². The summed E-state index contributed by atoms with van der Waals surface area (Å²) in [6, 6.07) is 19.0. The normalized spacial score (nSPS) is 12.2. The lowest BCUT2D eigenvalue weighted by atomic mass is 10.3. The standard InChI is InChI=1S/C16H18NOP/c1-14(2)13-17-19(18,15-9-5-3-6-10-15)16-11-7-4-8-12-16/h3-14H,1-2H3/b17-13+. The van der Waals surface area contributed by atoms with Crippen LogP contribution in [0.1, 0.15) is 13.8 Å². The average Bonchev–Trinajstić information content (AvgIpc) is 2.46. The van der Waals surface area contributed by atoms with E-state index in [0.717, 1.165) is 10.6 Å². The summed E-state index contributed by atoms with van der Waals surface area (Å²) in [6.45, 7) is 4.06. The SMILES string of the molecule is CC(C)/C=N/P(=O)(c1ccccc1)c1ccccc1. The van der Waals surface area contributed by atoms with E-state index in [4.69, 9.17) is 0 Å². The molecule has 0 saturated carbocycles. The summed E-state index contributed by atoms with van der Waals surface area (Å²) >= 11 is 0. The van der Waals surface area contributed by atoms with Gasteiger partial charge in [0.1, 0.15) is 0 Å². The number of hydrogen-bond donors (Lipinski definition) is 0. The molecule has 2 nitrogen and oxygen atoms in total. The van der Waals surface area contributed by atoms with Crippen LogP contribution < -0.4 is 10.6 Å². The maximum absolute atomic E-state index is 13.3. The first-order chi connectivity index (χ1) is 9.13. The smallest absolute Gasteiger partial charge is 0.247 e. The fourth-order valence-corrected chi connectivity index (χ4v) is 3.94. The van der Waals surface area contributed by atoms with Crippen LogP contribution in [0, 0.1) is 5.92 Å². The van der Waals surface area contributed by atoms with E-state index in [0.29, 0.717) is 0 Å². The number of nitrogens with zero attached hydrogens (tertiary/aromatic N) is 1. The van der Waals surface area contributed by atoms with E-state index in [1.54, 1.807) is 6.21 Å². The van der Waals surface area contributed by atoms with Crippen LogP contribution in [0.4, 0.5) is 0 Å². The van der Waals surface area contributed by atoms with Crippen molar-refractivity contribution in [3.63, 3.8) is 0 Å². The van der Waals surface area contributed by atoms with E-state index < -0.39 is 7.29 Å². The zero-order valence-corrected chi connectivity index (χ0v) is 12.1. The Bertz CT molecular complexity index is 547. The van der Waals surface area contributed by atoms with Crippen molar-refractivity contribution in [1.82, 2.24) is 0 Å². The highest BCUT2D eigenvalue weighted by Gasteiger charge is 2.25. The Morgan fingerprint density at radius 1 is 0.895 bits per heavy atom. The third-order valence-electron chi connectivity index (χ3n) is 2.74. The van der Waals surface area contributed by atoms with Gasteiger partial charge in [0.2, 0.25) is 7.29 Å². The van der Waals surface area contributed by atoms with Crippen molar-refractivity contribution < 1.29 is 4.57 Å². The lowest BCUT2D eigenvalue weighted by Gasteiger charge is -2.14. The Labute approximate surface area is 114 Å². The highest BCUT2D eigenvalue weighted by molar-refractivity contribution is 7.77. The summed E-state index contributed by atoms with van der Waals surface area (Å²) in [4.78, 5) is 0. The van der Waals surface area contributed by atoms with Gasteiger partial charge in [-0.15, -0.1) is 0 Å². The Kier molecular flexibility index (Phi) is 4.34. The molecule has 2 aromatic carbocycles. The van der Waals surface area contributed by atoms with Gasteiger partial charge < -0.3 is 0 Å². The van der Waals surface area contributed by atoms with Crippen molar-refractivity contribution in [3.8, 4) is 0 Å². The van der Waals surface area contributed by atoms with Crippen molar-refractivity contribution in [1.29, 1.82) is 0 Å². The zero-order chi connectivity index (χ0) is 13.7. The molecule has 98 valence electrons. The third-order valence-corrected chi connectivity index (χ3v) is 5.19. The van der Waals surface area contributed by atoms with Gasteiger partial charge in [-0.25, -0.2) is 4.76 Å². The molecule has 0 bridgehead atoms. The highest BCUT2D eigenvalue weighted by atomic mass is 31.2. The van der Waals surface area contributed by atoms with Crippen molar-refractivity contribution in [2.45, 2.75) is 13.8 Å². The topological polar surface area (TPSA) is 29.4 Å². The summed E-state index contributed by atoms with van der Waals surface area (Å²) in [5, 5.41) is 1.55. The van der Waals surface area contributed by atoms with Crippen LogP contribution >= 0.6 is 7.29 Å². The molecule has 0 saturated heterocycles. The van der Waals surface area contributed by atoms with Gasteiger partial charge >= 0.3 is 0 Å². The predicted molar refractivity (Wildman–Crippen MR) is 83.1 cm³/mol. The zero-order valence-electron chi connectivity index (χ0n) is 11.2. The number of hydrogen-bond acceptors (Lipinski definition) is 1. The van der Waals surface area contributed by atoms with E-state index in [2.05, 4.69) is 4.76 Å². The number of rotatable bonds is 4. The summed E-state index contributed by atoms with van der Waals surface area (Å²) in [5.74, 6) is 0.278. The molecule has 0 amide bonds. The van der Waals surface area contributed by atoms with Gasteiger partial charge in [0.25, 0.3) is 0 Å². The highest BCUT2D eigenvalue weighted by Crippen LogP contribution is 2.44. The van der Waals surface area contributed by atoms with Crippen LogP contribution in [0.2, 0.25) is 0 Å². The quantitative estimate of drug-likeness (QED) is 0.616. The molecule has 0 unspecified atom stereocenters. The lowest BCUT2D eigenvalue weighted by Crippen LogP contribution is -2.14. The van der Waals surface area contributed by atoms with Crippen LogP contribution in [-0.2, 0) is 4.57 Å². The largest absolute Gasteiger partial charge is 0.288 e. The second kappa shape index (κ2) is 5.99. The van der Waals surface area contributed by atoms with E-state index in [9.17, 15) is 4.57 Å². The van der Waals surface area contributed by atoms with Crippen LogP contribution in [0.15, 0.2) is 65.4 Å². The monoisotopic (exact) mass is 271 g/mol. The van der Waals surface area contributed by atoms with Crippen molar-refractivity contribution in [3.05, 3.63) is 60.7 Å². The van der Waals surface area contributed by atoms with Crippen molar-refractivity contribution in [2.24, 2.45) is 10.7 Å². The van der Waals surface area contributed by atoms with Crippen LogP contribution in [0.25, 0.3) is 0 Å². The third kappa shape index (κ3) is 3.21. The molecule has 0 radical (unpaired) electrons. The molecule has 3 heteroatoms. The van der Waals surface area contributed by atoms with Gasteiger partial charge in [0.15, 0.2) is 0 Å². The summed E-state index contributed by atoms with van der Waals surface area (Å²) in [6.07, 6.45) is 1.78. The van der Waals surface area contributed by atoms with Crippen LogP contribution in [0.3, 0.4) is 0 Å². The van der Waals surface area contributed by atoms with Crippen molar-refractivity contribution >= 4 is 24.1 Å². The molecule has 0 heterocycles. The molecule has 2 rings (SSSR count). The predicted octanol–water partition coefficient (Wildman–Crippen LogP) is 3.64. The van der Waals surface area contributed by atoms with Gasteiger partial charge in [0, 0.05) is 16.8 Å². The van der Waals surface area contributed by atoms with Gasteiger partial charge in [-0.1, -0.05) is 50.2 Å². The molecule has 0 N–H and O–H groups in total. The molecule has 0 fully saturated rings.